The molecule has 1 fully saturated rings. The molecule has 40 heavy (non-hydrogen) atoms. The maximum Gasteiger partial charge on any atom is 0.407 e. The zero-order valence-corrected chi connectivity index (χ0v) is 23.6. The van der Waals surface area contributed by atoms with Crippen LogP contribution < -0.4 is 21.1 Å². The second kappa shape index (κ2) is 11.9. The third-order valence-corrected chi connectivity index (χ3v) is 6.17. The Morgan fingerprint density at radius 1 is 1.20 bits per heavy atom. The first-order chi connectivity index (χ1) is 18.9. The quantitative estimate of drug-likeness (QED) is 0.304. The average Bonchev–Trinajstić information content (AvgIpc) is 3.39. The second-order valence-corrected chi connectivity index (χ2v) is 10.8. The minimum atomic E-state index is -0.626. The van der Waals surface area contributed by atoms with Gasteiger partial charge in [0.1, 0.15) is 17.0 Å². The molecule has 216 valence electrons. The minimum Gasteiger partial charge on any atom is -0.491 e. The van der Waals surface area contributed by atoms with E-state index in [1.807, 2.05) is 34.6 Å². The number of ether oxygens (including phenoxy) is 3. The molecule has 13 heteroatoms. The van der Waals surface area contributed by atoms with Crippen LogP contribution in [0.1, 0.15) is 60.7 Å². The Balaban J connectivity index is 1.66. The van der Waals surface area contributed by atoms with E-state index in [1.54, 1.807) is 27.4 Å². The number of hydrogen-bond donors (Lipinski definition) is 3. The van der Waals surface area contributed by atoms with Crippen LogP contribution in [0.25, 0.3) is 11.0 Å². The van der Waals surface area contributed by atoms with Gasteiger partial charge in [-0.15, -0.1) is 0 Å². The average molecular weight is 556 g/mol. The molecule has 3 aromatic rings. The fourth-order valence-corrected chi connectivity index (χ4v) is 4.25. The molecule has 0 aliphatic carbocycles. The van der Waals surface area contributed by atoms with Gasteiger partial charge in [-0.1, -0.05) is 0 Å². The summed E-state index contributed by atoms with van der Waals surface area (Å²) in [6.45, 7) is 11.9. The first-order valence-corrected chi connectivity index (χ1v) is 13.3. The van der Waals surface area contributed by atoms with E-state index in [9.17, 15) is 14.4 Å². The maximum absolute atomic E-state index is 13.3. The van der Waals surface area contributed by atoms with E-state index < -0.39 is 17.5 Å². The number of imidazole rings is 1. The molecule has 0 saturated carbocycles. The highest BCUT2D eigenvalue weighted by atomic mass is 16.5. The number of nitrogens with zero attached hydrogens (tertiary/aromatic N) is 4. The zero-order valence-electron chi connectivity index (χ0n) is 23.6. The molecule has 1 aliphatic heterocycles. The van der Waals surface area contributed by atoms with E-state index in [4.69, 9.17) is 19.9 Å². The standard InChI is InChI=1S/C27H37N7O6/c1-6-34-20(10-16(2)32-34)24(36)30-25-29-19-11-18(23(28)35)12-21(40-15-17-13-38-14-17)22(19)33(25)8-7-9-39-26(37)31-27(3,4)5/h10-12,17H,6-9,13-15H2,1-5H3,(H2,28,35)(H,31,37)(H,29,30,36). The van der Waals surface area contributed by atoms with Gasteiger partial charge in [-0.05, 0) is 59.2 Å². The van der Waals surface area contributed by atoms with E-state index in [0.29, 0.717) is 67.5 Å². The van der Waals surface area contributed by atoms with Crippen molar-refractivity contribution in [1.82, 2.24) is 24.6 Å². The van der Waals surface area contributed by atoms with Crippen molar-refractivity contribution in [1.29, 1.82) is 0 Å². The topological polar surface area (TPSA) is 165 Å². The molecule has 3 heterocycles. The number of benzene rings is 1. The van der Waals surface area contributed by atoms with Crippen molar-refractivity contribution >= 4 is 34.9 Å². The van der Waals surface area contributed by atoms with E-state index in [1.165, 1.54) is 0 Å². The van der Waals surface area contributed by atoms with Gasteiger partial charge in [0.25, 0.3) is 5.91 Å². The van der Waals surface area contributed by atoms with Crippen LogP contribution in [0.4, 0.5) is 10.7 Å². The van der Waals surface area contributed by atoms with Crippen molar-refractivity contribution in [3.05, 3.63) is 35.2 Å². The number of nitrogens with two attached hydrogens (primary N) is 1. The third kappa shape index (κ3) is 6.89. The number of amides is 3. The molecule has 4 rings (SSSR count). The number of anilines is 1. The van der Waals surface area contributed by atoms with Crippen LogP contribution >= 0.6 is 0 Å². The summed E-state index contributed by atoms with van der Waals surface area (Å²) < 4.78 is 20.1. The monoisotopic (exact) mass is 555 g/mol. The molecule has 0 unspecified atom stereocenters. The van der Waals surface area contributed by atoms with Gasteiger partial charge in [-0.3, -0.25) is 19.6 Å². The highest BCUT2D eigenvalue weighted by Gasteiger charge is 2.24. The highest BCUT2D eigenvalue weighted by molar-refractivity contribution is 6.04. The largest absolute Gasteiger partial charge is 0.491 e. The van der Waals surface area contributed by atoms with Gasteiger partial charge < -0.3 is 29.8 Å². The molecule has 13 nitrogen and oxygen atoms in total. The van der Waals surface area contributed by atoms with Crippen molar-refractivity contribution in [2.75, 3.05) is 31.7 Å². The summed E-state index contributed by atoms with van der Waals surface area (Å²) in [6.07, 6.45) is -0.0942. The summed E-state index contributed by atoms with van der Waals surface area (Å²) in [4.78, 5) is 42.1. The van der Waals surface area contributed by atoms with Crippen molar-refractivity contribution < 1.29 is 28.6 Å². The lowest BCUT2D eigenvalue weighted by atomic mass is 10.1. The number of aromatic nitrogens is 4. The van der Waals surface area contributed by atoms with E-state index in [2.05, 4.69) is 20.7 Å². The Bertz CT molecular complexity index is 1400. The van der Waals surface area contributed by atoms with E-state index in [0.717, 1.165) is 0 Å². The number of rotatable bonds is 11. The number of nitrogens with one attached hydrogen (secondary N) is 2. The molecule has 0 radical (unpaired) electrons. The highest BCUT2D eigenvalue weighted by Crippen LogP contribution is 2.32. The first kappa shape index (κ1) is 28.9. The van der Waals surface area contributed by atoms with Gasteiger partial charge in [-0.25, -0.2) is 9.78 Å². The van der Waals surface area contributed by atoms with Gasteiger partial charge in [0, 0.05) is 30.1 Å². The number of carbonyl (C=O) groups is 3. The Kier molecular flexibility index (Phi) is 8.62. The zero-order chi connectivity index (χ0) is 29.0. The van der Waals surface area contributed by atoms with Crippen molar-refractivity contribution in [2.45, 2.75) is 59.7 Å². The van der Waals surface area contributed by atoms with Crippen LogP contribution in [0.15, 0.2) is 18.2 Å². The maximum atomic E-state index is 13.3. The molecule has 3 amide bonds. The molecule has 1 saturated heterocycles. The summed E-state index contributed by atoms with van der Waals surface area (Å²) in [5.41, 5.74) is 7.52. The van der Waals surface area contributed by atoms with E-state index in [-0.39, 0.29) is 29.9 Å². The van der Waals surface area contributed by atoms with Gasteiger partial charge >= 0.3 is 6.09 Å². The molecule has 1 aromatic carbocycles. The summed E-state index contributed by atoms with van der Waals surface area (Å²) in [6, 6.07) is 4.85. The SMILES string of the molecule is CCn1nc(C)cc1C(=O)Nc1nc2cc(C(N)=O)cc(OCC3COC3)c2n1CCCOC(=O)NC(C)(C)C. The third-order valence-electron chi connectivity index (χ3n) is 6.17. The normalized spacial score (nSPS) is 13.6. The molecular weight excluding hydrogens is 518 g/mol. The molecule has 0 bridgehead atoms. The summed E-state index contributed by atoms with van der Waals surface area (Å²) >= 11 is 0. The summed E-state index contributed by atoms with van der Waals surface area (Å²) in [5, 5.41) is 10.00. The number of carbonyl (C=O) groups excluding carboxylic acids is 3. The number of alkyl carbamates (subject to hydrolysis) is 1. The van der Waals surface area contributed by atoms with Gasteiger partial charge in [0.15, 0.2) is 0 Å². The fourth-order valence-electron chi connectivity index (χ4n) is 4.25. The number of hydrogen-bond acceptors (Lipinski definition) is 8. The molecule has 0 spiro atoms. The smallest absolute Gasteiger partial charge is 0.407 e. The van der Waals surface area contributed by atoms with Crippen LogP contribution in [-0.4, -0.2) is 69.2 Å². The summed E-state index contributed by atoms with van der Waals surface area (Å²) in [5.74, 6) is -0.121. The van der Waals surface area contributed by atoms with Crippen molar-refractivity contribution in [3.63, 3.8) is 0 Å². The lowest BCUT2D eigenvalue weighted by molar-refractivity contribution is -0.0507. The first-order valence-electron chi connectivity index (χ1n) is 13.3. The van der Waals surface area contributed by atoms with Gasteiger partial charge in [0.05, 0.1) is 37.6 Å². The van der Waals surface area contributed by atoms with Crippen LogP contribution in [0, 0.1) is 12.8 Å². The van der Waals surface area contributed by atoms with E-state index >= 15 is 0 Å². The Morgan fingerprint density at radius 3 is 2.58 bits per heavy atom. The Labute approximate surface area is 232 Å². The van der Waals surface area contributed by atoms with Crippen LogP contribution in [-0.2, 0) is 22.6 Å². The Hall–Kier alpha value is -4.13. The molecular formula is C27H37N7O6. The number of primary amides is 1. The van der Waals surface area contributed by atoms with Crippen LogP contribution in [0.2, 0.25) is 0 Å². The van der Waals surface area contributed by atoms with Crippen molar-refractivity contribution in [3.8, 4) is 5.75 Å². The van der Waals surface area contributed by atoms with Crippen molar-refractivity contribution in [2.24, 2.45) is 11.7 Å². The molecule has 1 aliphatic rings. The molecule has 4 N–H and O–H groups in total. The van der Waals surface area contributed by atoms with Gasteiger partial charge in [0.2, 0.25) is 11.9 Å². The lowest BCUT2D eigenvalue weighted by Gasteiger charge is -2.26. The number of aryl methyl sites for hydroxylation is 3. The summed E-state index contributed by atoms with van der Waals surface area (Å²) in [7, 11) is 0. The minimum absolute atomic E-state index is 0.131. The van der Waals surface area contributed by atoms with Crippen LogP contribution in [0.3, 0.4) is 0 Å². The van der Waals surface area contributed by atoms with Crippen LogP contribution in [0.5, 0.6) is 5.75 Å². The second-order valence-electron chi connectivity index (χ2n) is 10.8. The predicted octanol–water partition coefficient (Wildman–Crippen LogP) is 2.85. The Morgan fingerprint density at radius 2 is 1.95 bits per heavy atom. The molecule has 0 atom stereocenters. The number of fused-ring (bicyclic) bond motifs is 1. The fraction of sp³-hybridized carbons (Fsp3) is 0.519. The predicted molar refractivity (Wildman–Crippen MR) is 147 cm³/mol. The molecule has 2 aromatic heterocycles. The lowest BCUT2D eigenvalue weighted by Crippen LogP contribution is -2.41. The van der Waals surface area contributed by atoms with Gasteiger partial charge in [-0.2, -0.15) is 5.10 Å².